The molecule has 0 saturated heterocycles. The summed E-state index contributed by atoms with van der Waals surface area (Å²) in [5, 5.41) is 10.7. The number of hydrogen-bond donors (Lipinski definition) is 1. The lowest BCUT2D eigenvalue weighted by Crippen LogP contribution is -2.58. The fraction of sp³-hybridized carbons (Fsp3) is 0.533. The van der Waals surface area contributed by atoms with Gasteiger partial charge in [-0.3, -0.25) is 4.79 Å². The van der Waals surface area contributed by atoms with Gasteiger partial charge in [-0.2, -0.15) is 0 Å². The maximum atomic E-state index is 12.1. The van der Waals surface area contributed by atoms with Gasteiger partial charge in [0.05, 0.1) is 7.11 Å². The average molecular weight is 294 g/mol. The minimum absolute atomic E-state index is 0.0154. The molecule has 2 rings (SSSR count). The minimum atomic E-state index is -1.95. The summed E-state index contributed by atoms with van der Waals surface area (Å²) in [5.41, 5.74) is -0.472. The highest BCUT2D eigenvalue weighted by molar-refractivity contribution is 6.70. The molecule has 0 aliphatic heterocycles. The van der Waals surface area contributed by atoms with E-state index >= 15 is 0 Å². The summed E-state index contributed by atoms with van der Waals surface area (Å²) in [4.78, 5) is 12.1. The monoisotopic (exact) mass is 294 g/mol. The first-order valence-corrected chi connectivity index (χ1v) is 10.3. The van der Waals surface area contributed by atoms with E-state index in [4.69, 9.17) is 9.16 Å². The number of ether oxygens (including phenoxy) is 1. The van der Waals surface area contributed by atoms with Crippen molar-refractivity contribution in [1.29, 1.82) is 0 Å². The fourth-order valence-corrected chi connectivity index (χ4v) is 4.04. The topological polar surface area (TPSA) is 55.8 Å². The SMILES string of the molecule is COc1ccccc1C(O)C1(O[Si](C)(C)C)CCC1=O. The van der Waals surface area contributed by atoms with Crippen LogP contribution in [0.2, 0.25) is 19.6 Å². The van der Waals surface area contributed by atoms with Crippen molar-refractivity contribution in [3.63, 3.8) is 0 Å². The van der Waals surface area contributed by atoms with E-state index in [1.54, 1.807) is 19.2 Å². The molecule has 1 saturated carbocycles. The molecule has 0 bridgehead atoms. The van der Waals surface area contributed by atoms with Gasteiger partial charge < -0.3 is 14.3 Å². The molecule has 2 unspecified atom stereocenters. The molecule has 1 N–H and O–H groups in total. The second-order valence-electron chi connectivity index (χ2n) is 6.17. The van der Waals surface area contributed by atoms with Gasteiger partial charge in [0.2, 0.25) is 0 Å². The van der Waals surface area contributed by atoms with Gasteiger partial charge in [-0.15, -0.1) is 0 Å². The Bertz CT molecular complexity index is 509. The van der Waals surface area contributed by atoms with E-state index in [1.807, 2.05) is 31.8 Å². The van der Waals surface area contributed by atoms with Crippen LogP contribution in [0.1, 0.15) is 24.5 Å². The number of aliphatic hydroxyl groups excluding tert-OH is 1. The second-order valence-corrected chi connectivity index (χ2v) is 10.6. The van der Waals surface area contributed by atoms with Crippen LogP contribution in [0.15, 0.2) is 24.3 Å². The lowest BCUT2D eigenvalue weighted by molar-refractivity contribution is -0.164. The Morgan fingerprint density at radius 2 is 1.95 bits per heavy atom. The summed E-state index contributed by atoms with van der Waals surface area (Å²) >= 11 is 0. The number of ketones is 1. The number of hydrogen-bond acceptors (Lipinski definition) is 4. The Balaban J connectivity index is 2.37. The molecule has 4 nitrogen and oxygen atoms in total. The first kappa shape index (κ1) is 15.2. The third-order valence-corrected chi connectivity index (χ3v) is 4.54. The van der Waals surface area contributed by atoms with Crippen LogP contribution in [0, 0.1) is 0 Å². The van der Waals surface area contributed by atoms with Gasteiger partial charge in [0.15, 0.2) is 14.1 Å². The molecule has 20 heavy (non-hydrogen) atoms. The zero-order valence-electron chi connectivity index (χ0n) is 12.5. The van der Waals surface area contributed by atoms with Crippen LogP contribution in [0.5, 0.6) is 5.75 Å². The van der Waals surface area contributed by atoms with Crippen molar-refractivity contribution in [2.75, 3.05) is 7.11 Å². The van der Waals surface area contributed by atoms with Crippen LogP contribution in [0.4, 0.5) is 0 Å². The lowest BCUT2D eigenvalue weighted by Gasteiger charge is -2.47. The van der Waals surface area contributed by atoms with E-state index in [9.17, 15) is 9.90 Å². The molecule has 1 aliphatic rings. The Kier molecular flexibility index (Phi) is 4.04. The Morgan fingerprint density at radius 1 is 1.30 bits per heavy atom. The third-order valence-electron chi connectivity index (χ3n) is 3.56. The molecule has 0 amide bonds. The van der Waals surface area contributed by atoms with E-state index in [1.165, 1.54) is 0 Å². The smallest absolute Gasteiger partial charge is 0.185 e. The summed E-state index contributed by atoms with van der Waals surface area (Å²) in [7, 11) is -0.393. The van der Waals surface area contributed by atoms with E-state index in [0.717, 1.165) is 0 Å². The highest BCUT2D eigenvalue weighted by Gasteiger charge is 2.55. The molecule has 2 atom stereocenters. The molecule has 0 heterocycles. The summed E-state index contributed by atoms with van der Waals surface area (Å²) in [5.74, 6) is 0.566. The normalized spacial score (nSPS) is 24.1. The molecule has 110 valence electrons. The van der Waals surface area contributed by atoms with Gasteiger partial charge in [-0.05, 0) is 32.1 Å². The van der Waals surface area contributed by atoms with Crippen molar-refractivity contribution in [2.24, 2.45) is 0 Å². The molecular weight excluding hydrogens is 272 g/mol. The Hall–Kier alpha value is -1.17. The summed E-state index contributed by atoms with van der Waals surface area (Å²) < 4.78 is 11.4. The number of rotatable bonds is 5. The van der Waals surface area contributed by atoms with Crippen molar-refractivity contribution in [2.45, 2.75) is 44.2 Å². The van der Waals surface area contributed by atoms with Gasteiger partial charge in [0, 0.05) is 12.0 Å². The Labute approximate surface area is 120 Å². The van der Waals surface area contributed by atoms with Crippen molar-refractivity contribution in [3.8, 4) is 5.75 Å². The number of Topliss-reactive ketones (excluding diaryl/α,β-unsaturated/α-hetero) is 1. The molecule has 0 aromatic heterocycles. The number of methoxy groups -OCH3 is 1. The maximum absolute atomic E-state index is 12.1. The van der Waals surface area contributed by atoms with Gasteiger partial charge >= 0.3 is 0 Å². The minimum Gasteiger partial charge on any atom is -0.496 e. The molecular formula is C15H22O4Si. The van der Waals surface area contributed by atoms with Crippen LogP contribution in [-0.4, -0.2) is 31.9 Å². The molecule has 1 aliphatic carbocycles. The van der Waals surface area contributed by atoms with E-state index in [0.29, 0.717) is 24.2 Å². The first-order chi connectivity index (χ1) is 9.30. The second kappa shape index (κ2) is 5.31. The summed E-state index contributed by atoms with van der Waals surface area (Å²) in [6.45, 7) is 6.07. The van der Waals surface area contributed by atoms with Crippen LogP contribution in [-0.2, 0) is 9.22 Å². The largest absolute Gasteiger partial charge is 0.496 e. The molecule has 1 aromatic carbocycles. The number of carbonyl (C=O) groups excluding carboxylic acids is 1. The van der Waals surface area contributed by atoms with Crippen LogP contribution in [0.25, 0.3) is 0 Å². The standard InChI is InChI=1S/C15H22O4Si/c1-18-12-8-6-5-7-11(12)14(17)15(10-9-13(15)16)19-20(2,3)4/h5-8,14,17H,9-10H2,1-4H3. The van der Waals surface area contributed by atoms with Gasteiger partial charge in [-0.25, -0.2) is 0 Å². The average Bonchev–Trinajstić information content (AvgIpc) is 2.41. The Morgan fingerprint density at radius 3 is 2.40 bits per heavy atom. The first-order valence-electron chi connectivity index (χ1n) is 6.84. The molecule has 0 radical (unpaired) electrons. The zero-order valence-corrected chi connectivity index (χ0v) is 13.5. The predicted molar refractivity (Wildman–Crippen MR) is 79.4 cm³/mol. The van der Waals surface area contributed by atoms with Crippen molar-refractivity contribution < 1.29 is 19.1 Å². The molecule has 5 heteroatoms. The zero-order chi connectivity index (χ0) is 15.0. The highest BCUT2D eigenvalue weighted by Crippen LogP contribution is 2.46. The highest BCUT2D eigenvalue weighted by atomic mass is 28.4. The lowest BCUT2D eigenvalue weighted by atomic mass is 9.72. The number of carbonyl (C=O) groups is 1. The number of benzene rings is 1. The summed E-state index contributed by atoms with van der Waals surface area (Å²) in [6, 6.07) is 7.23. The van der Waals surface area contributed by atoms with Crippen molar-refractivity contribution >= 4 is 14.1 Å². The van der Waals surface area contributed by atoms with Crippen LogP contribution < -0.4 is 4.74 Å². The molecule has 0 spiro atoms. The van der Waals surface area contributed by atoms with Gasteiger partial charge in [-0.1, -0.05) is 18.2 Å². The molecule has 1 aromatic rings. The van der Waals surface area contributed by atoms with Crippen molar-refractivity contribution in [1.82, 2.24) is 0 Å². The van der Waals surface area contributed by atoms with Crippen LogP contribution >= 0.6 is 0 Å². The maximum Gasteiger partial charge on any atom is 0.185 e. The van der Waals surface area contributed by atoms with E-state index in [-0.39, 0.29) is 5.78 Å². The van der Waals surface area contributed by atoms with Gasteiger partial charge in [0.1, 0.15) is 17.5 Å². The van der Waals surface area contributed by atoms with E-state index in [2.05, 4.69) is 0 Å². The predicted octanol–water partition coefficient (Wildman–Crippen LogP) is 2.68. The fourth-order valence-electron chi connectivity index (χ4n) is 2.62. The molecule has 1 fully saturated rings. The number of aliphatic hydroxyl groups is 1. The van der Waals surface area contributed by atoms with Crippen LogP contribution in [0.3, 0.4) is 0 Å². The van der Waals surface area contributed by atoms with E-state index < -0.39 is 20.0 Å². The quantitative estimate of drug-likeness (QED) is 0.848. The van der Waals surface area contributed by atoms with Crippen molar-refractivity contribution in [3.05, 3.63) is 29.8 Å². The number of para-hydroxylation sites is 1. The summed E-state index contributed by atoms with van der Waals surface area (Å²) in [6.07, 6.45) is 0.0538. The third kappa shape index (κ3) is 2.66. The van der Waals surface area contributed by atoms with Gasteiger partial charge in [0.25, 0.3) is 0 Å².